The third-order valence-electron chi connectivity index (χ3n) is 4.87. The number of amidine groups is 1. The van der Waals surface area contributed by atoms with Gasteiger partial charge in [-0.15, -0.1) is 13.2 Å². The summed E-state index contributed by atoms with van der Waals surface area (Å²) in [5.74, 6) is -0.410. The van der Waals surface area contributed by atoms with Crippen molar-refractivity contribution in [2.24, 2.45) is 16.6 Å². The Morgan fingerprint density at radius 2 is 1.97 bits per heavy atom. The monoisotopic (exact) mass is 485 g/mol. The molecule has 1 fully saturated rings. The zero-order valence-electron chi connectivity index (χ0n) is 19.2. The second kappa shape index (κ2) is 12.0. The lowest BCUT2D eigenvalue weighted by Gasteiger charge is -2.12. The fourth-order valence-electron chi connectivity index (χ4n) is 3.08. The second-order valence-corrected chi connectivity index (χ2v) is 8.16. The van der Waals surface area contributed by atoms with E-state index in [1.807, 2.05) is 0 Å². The Kier molecular flexibility index (Phi) is 9.59. The average Bonchev–Trinajstić information content (AvgIpc) is 3.20. The Balaban J connectivity index is 0.000000604. The molecule has 9 nitrogen and oxygen atoms in total. The van der Waals surface area contributed by atoms with Gasteiger partial charge in [0.2, 0.25) is 5.95 Å². The molecule has 0 spiro atoms. The number of hydrogen-bond acceptors (Lipinski definition) is 8. The predicted octanol–water partition coefficient (Wildman–Crippen LogP) is 3.35. The highest BCUT2D eigenvalue weighted by molar-refractivity contribution is 5.99. The van der Waals surface area contributed by atoms with Crippen LogP contribution in [-0.2, 0) is 4.74 Å². The highest BCUT2D eigenvalue weighted by atomic mass is 19.4. The predicted molar refractivity (Wildman–Crippen MR) is 121 cm³/mol. The Hall–Kier alpha value is -2.96. The fraction of sp³-hybridized carbons (Fsp3) is 0.500. The van der Waals surface area contributed by atoms with E-state index < -0.39 is 12.1 Å². The van der Waals surface area contributed by atoms with E-state index in [1.54, 1.807) is 19.9 Å². The molecule has 1 aliphatic carbocycles. The molecule has 1 aliphatic rings. The normalized spacial score (nSPS) is 18.8. The first-order valence-corrected chi connectivity index (χ1v) is 10.6. The van der Waals surface area contributed by atoms with Gasteiger partial charge in [0.25, 0.3) is 0 Å². The first-order chi connectivity index (χ1) is 15.9. The number of ether oxygens (including phenoxy) is 2. The molecule has 188 valence electrons. The molecule has 2 atom stereocenters. The molecule has 2 unspecified atom stereocenters. The number of benzene rings is 1. The number of anilines is 1. The van der Waals surface area contributed by atoms with Crippen LogP contribution in [-0.4, -0.2) is 57.9 Å². The number of halogens is 3. The molecule has 2 aromatic rings. The number of rotatable bonds is 7. The molecule has 1 saturated carbocycles. The number of aliphatic imine (C=N–C) groups is 1. The number of aliphatic hydroxyl groups excluding tert-OH is 1. The number of aliphatic hydroxyl groups is 2. The number of methoxy groups -OCH3 is 1. The first-order valence-electron chi connectivity index (χ1n) is 10.6. The molecule has 3 rings (SSSR count). The average molecular weight is 486 g/mol. The quantitative estimate of drug-likeness (QED) is 0.266. The summed E-state index contributed by atoms with van der Waals surface area (Å²) in [6.45, 7) is 3.32. The third kappa shape index (κ3) is 9.89. The highest BCUT2D eigenvalue weighted by Crippen LogP contribution is 2.27. The molecule has 0 radical (unpaired) electrons. The third-order valence-corrected chi connectivity index (χ3v) is 4.87. The van der Waals surface area contributed by atoms with Crippen LogP contribution in [0.4, 0.5) is 24.9 Å². The number of nitrogens with two attached hydrogens (primary N) is 1. The zero-order valence-corrected chi connectivity index (χ0v) is 19.2. The summed E-state index contributed by atoms with van der Waals surface area (Å²) >= 11 is 0. The molecular formula is C22H30F3N5O4. The van der Waals surface area contributed by atoms with Gasteiger partial charge in [-0.1, -0.05) is 12.1 Å². The van der Waals surface area contributed by atoms with Crippen LogP contribution in [0, 0.1) is 5.92 Å². The van der Waals surface area contributed by atoms with Gasteiger partial charge >= 0.3 is 6.36 Å². The maximum Gasteiger partial charge on any atom is 0.573 e. The summed E-state index contributed by atoms with van der Waals surface area (Å²) in [5, 5.41) is 21.0. The highest BCUT2D eigenvalue weighted by Gasteiger charge is 2.31. The van der Waals surface area contributed by atoms with Crippen molar-refractivity contribution in [3.63, 3.8) is 0 Å². The lowest BCUT2D eigenvalue weighted by molar-refractivity contribution is -0.274. The largest absolute Gasteiger partial charge is 0.573 e. The van der Waals surface area contributed by atoms with Crippen LogP contribution in [0.2, 0.25) is 0 Å². The van der Waals surface area contributed by atoms with E-state index in [-0.39, 0.29) is 41.5 Å². The topological polar surface area (TPSA) is 135 Å². The summed E-state index contributed by atoms with van der Waals surface area (Å²) in [5.41, 5.74) is 6.19. The number of alkyl halides is 3. The van der Waals surface area contributed by atoms with Gasteiger partial charge in [-0.2, -0.15) is 4.98 Å². The lowest BCUT2D eigenvalue weighted by atomic mass is 10.1. The number of nitrogens with zero attached hydrogens (tertiary/aromatic N) is 3. The van der Waals surface area contributed by atoms with Gasteiger partial charge in [0.15, 0.2) is 11.6 Å². The van der Waals surface area contributed by atoms with Crippen molar-refractivity contribution in [3.05, 3.63) is 42.1 Å². The van der Waals surface area contributed by atoms with Crippen molar-refractivity contribution in [2.75, 3.05) is 19.0 Å². The van der Waals surface area contributed by atoms with E-state index in [4.69, 9.17) is 10.8 Å². The van der Waals surface area contributed by atoms with Crippen LogP contribution >= 0.6 is 0 Å². The molecule has 5 N–H and O–H groups in total. The Labute approximate surface area is 195 Å². The summed E-state index contributed by atoms with van der Waals surface area (Å²) in [6, 6.07) is 6.96. The molecule has 0 saturated heterocycles. The van der Waals surface area contributed by atoms with E-state index in [0.717, 1.165) is 25.3 Å². The Morgan fingerprint density at radius 3 is 2.56 bits per heavy atom. The van der Waals surface area contributed by atoms with E-state index in [1.165, 1.54) is 31.5 Å². The minimum atomic E-state index is -4.78. The van der Waals surface area contributed by atoms with Crippen molar-refractivity contribution >= 4 is 17.6 Å². The SMILES string of the molecule is COC(C)(C)O.NC(=Nc1ccnc(NC2CCC(CO)C2)n1)c1cccc(OC(F)(F)F)c1. The van der Waals surface area contributed by atoms with Crippen molar-refractivity contribution in [1.82, 2.24) is 9.97 Å². The summed E-state index contributed by atoms with van der Waals surface area (Å²) in [6.07, 6.45) is -0.580. The van der Waals surface area contributed by atoms with Crippen molar-refractivity contribution in [2.45, 2.75) is 51.3 Å². The molecule has 1 aromatic heterocycles. The van der Waals surface area contributed by atoms with E-state index in [0.29, 0.717) is 5.95 Å². The molecule has 34 heavy (non-hydrogen) atoms. The van der Waals surface area contributed by atoms with Gasteiger partial charge < -0.3 is 30.7 Å². The molecule has 0 bridgehead atoms. The maximum atomic E-state index is 12.4. The van der Waals surface area contributed by atoms with Crippen molar-refractivity contribution < 1.29 is 32.9 Å². The van der Waals surface area contributed by atoms with Crippen molar-refractivity contribution in [3.8, 4) is 5.75 Å². The van der Waals surface area contributed by atoms with Crippen LogP contribution in [0.25, 0.3) is 0 Å². The summed E-state index contributed by atoms with van der Waals surface area (Å²) in [4.78, 5) is 12.6. The molecule has 0 aliphatic heterocycles. The van der Waals surface area contributed by atoms with Gasteiger partial charge in [0, 0.05) is 37.6 Å². The minimum absolute atomic E-state index is 0.00140. The molecule has 1 heterocycles. The second-order valence-electron chi connectivity index (χ2n) is 8.16. The summed E-state index contributed by atoms with van der Waals surface area (Å²) < 4.78 is 45.5. The van der Waals surface area contributed by atoms with Crippen LogP contribution < -0.4 is 15.8 Å². The standard InChI is InChI=1S/C18H20F3N5O2.C4H10O2/c19-18(20,21)28-14-3-1-2-12(9-14)16(22)25-15-6-7-23-17(26-15)24-13-5-4-11(8-13)10-27;1-4(2,5)6-3/h1-3,6-7,9,11,13,27H,4-5,8,10H2,(H3,22,23,24,25,26);5H,1-3H3. The number of hydrogen-bond donors (Lipinski definition) is 4. The molecule has 0 amide bonds. The fourth-order valence-corrected chi connectivity index (χ4v) is 3.08. The van der Waals surface area contributed by atoms with Crippen LogP contribution in [0.3, 0.4) is 0 Å². The van der Waals surface area contributed by atoms with Gasteiger partial charge in [-0.25, -0.2) is 9.98 Å². The van der Waals surface area contributed by atoms with Crippen LogP contribution in [0.15, 0.2) is 41.5 Å². The van der Waals surface area contributed by atoms with Gasteiger partial charge in [-0.05, 0) is 51.2 Å². The van der Waals surface area contributed by atoms with Gasteiger partial charge in [-0.3, -0.25) is 0 Å². The maximum absolute atomic E-state index is 12.4. The van der Waals surface area contributed by atoms with Crippen LogP contribution in [0.5, 0.6) is 5.75 Å². The minimum Gasteiger partial charge on any atom is -0.406 e. The Bertz CT molecular complexity index is 951. The van der Waals surface area contributed by atoms with E-state index in [2.05, 4.69) is 29.8 Å². The molecular weight excluding hydrogens is 455 g/mol. The van der Waals surface area contributed by atoms with E-state index in [9.17, 15) is 18.3 Å². The van der Waals surface area contributed by atoms with Gasteiger partial charge in [0.05, 0.1) is 0 Å². The molecule has 12 heteroatoms. The Morgan fingerprint density at radius 1 is 1.26 bits per heavy atom. The summed E-state index contributed by atoms with van der Waals surface area (Å²) in [7, 11) is 1.46. The van der Waals surface area contributed by atoms with Crippen LogP contribution in [0.1, 0.15) is 38.7 Å². The lowest BCUT2D eigenvalue weighted by Crippen LogP contribution is -2.20. The first kappa shape index (κ1) is 27.3. The number of nitrogens with one attached hydrogen (secondary N) is 1. The molecule has 1 aromatic carbocycles. The number of aromatic nitrogens is 2. The van der Waals surface area contributed by atoms with Crippen molar-refractivity contribution in [1.29, 1.82) is 0 Å². The zero-order chi connectivity index (χ0) is 25.4. The van der Waals surface area contributed by atoms with E-state index >= 15 is 0 Å². The van der Waals surface area contributed by atoms with Gasteiger partial charge in [0.1, 0.15) is 11.6 Å². The smallest absolute Gasteiger partial charge is 0.406 e.